The van der Waals surface area contributed by atoms with E-state index in [1.165, 1.54) is 0 Å². The summed E-state index contributed by atoms with van der Waals surface area (Å²) in [5.41, 5.74) is 2.04. The lowest BCUT2D eigenvalue weighted by atomic mass is 10.0. The molecule has 1 atom stereocenters. The van der Waals surface area contributed by atoms with Crippen molar-refractivity contribution in [1.29, 1.82) is 0 Å². The van der Waals surface area contributed by atoms with E-state index >= 15 is 0 Å². The van der Waals surface area contributed by atoms with Crippen LogP contribution >= 0.6 is 0 Å². The van der Waals surface area contributed by atoms with Crippen LogP contribution in [-0.4, -0.2) is 32.7 Å². The maximum Gasteiger partial charge on any atom is 0.245 e. The van der Waals surface area contributed by atoms with E-state index in [9.17, 15) is 13.2 Å². The molecule has 0 radical (unpaired) electrons. The normalized spacial score (nSPS) is 15.7. The van der Waals surface area contributed by atoms with Crippen LogP contribution in [0.3, 0.4) is 0 Å². The van der Waals surface area contributed by atoms with Crippen molar-refractivity contribution in [1.82, 2.24) is 4.72 Å². The summed E-state index contributed by atoms with van der Waals surface area (Å²) < 4.78 is 27.0. The van der Waals surface area contributed by atoms with Crippen molar-refractivity contribution in [3.63, 3.8) is 0 Å². The summed E-state index contributed by atoms with van der Waals surface area (Å²) >= 11 is 0. The lowest BCUT2D eigenvalue weighted by molar-refractivity contribution is -0.121. The molecular weight excluding hydrogens is 312 g/mol. The second-order valence-corrected chi connectivity index (χ2v) is 8.25. The Balaban J connectivity index is 2.17. The number of hydrogen-bond donors (Lipinski definition) is 1. The molecule has 0 aromatic heterocycles. The first-order valence-electron chi connectivity index (χ1n) is 8.25. The monoisotopic (exact) mass is 338 g/mol. The number of unbranched alkanes of at least 4 members (excludes halogenated alkanes) is 1. The maximum absolute atomic E-state index is 12.9. The maximum atomic E-state index is 12.9. The van der Waals surface area contributed by atoms with Gasteiger partial charge in [-0.3, -0.25) is 4.79 Å². The van der Waals surface area contributed by atoms with E-state index in [0.29, 0.717) is 13.0 Å². The molecule has 1 amide bonds. The standard InChI is InChI=1S/C17H26N2O3S/c1-4-5-12-23(21,22)18-16(13(2)3)17(20)19-11-10-14-8-6-7-9-15(14)19/h6-9,13,16,18H,4-5,10-12H2,1-3H3/t16-/m1/s1. The molecule has 0 fully saturated rings. The molecule has 0 aliphatic carbocycles. The molecule has 1 N–H and O–H groups in total. The van der Waals surface area contributed by atoms with Crippen LogP contribution in [0.4, 0.5) is 5.69 Å². The number of carbonyl (C=O) groups excluding carboxylic acids is 1. The molecular formula is C17H26N2O3S. The van der Waals surface area contributed by atoms with Gasteiger partial charge in [-0.05, 0) is 30.4 Å². The van der Waals surface area contributed by atoms with E-state index in [4.69, 9.17) is 0 Å². The van der Waals surface area contributed by atoms with Gasteiger partial charge in [0, 0.05) is 12.2 Å². The zero-order chi connectivity index (χ0) is 17.0. The number of fused-ring (bicyclic) bond motifs is 1. The average Bonchev–Trinajstić information content (AvgIpc) is 2.94. The molecule has 0 bridgehead atoms. The highest BCUT2D eigenvalue weighted by molar-refractivity contribution is 7.89. The number of rotatable bonds is 7. The minimum atomic E-state index is -3.44. The molecule has 0 spiro atoms. The second-order valence-electron chi connectivity index (χ2n) is 6.38. The zero-order valence-corrected chi connectivity index (χ0v) is 14.9. The summed E-state index contributed by atoms with van der Waals surface area (Å²) in [6, 6.07) is 7.07. The van der Waals surface area contributed by atoms with Crippen LogP contribution in [0, 0.1) is 5.92 Å². The van der Waals surface area contributed by atoms with Crippen molar-refractivity contribution in [2.45, 2.75) is 46.1 Å². The molecule has 0 unspecified atom stereocenters. The Morgan fingerprint density at radius 1 is 1.30 bits per heavy atom. The van der Waals surface area contributed by atoms with Gasteiger partial charge in [0.2, 0.25) is 15.9 Å². The highest BCUT2D eigenvalue weighted by Crippen LogP contribution is 2.28. The minimum Gasteiger partial charge on any atom is -0.310 e. The number of amides is 1. The van der Waals surface area contributed by atoms with Gasteiger partial charge in [-0.1, -0.05) is 45.4 Å². The molecule has 0 saturated carbocycles. The average molecular weight is 338 g/mol. The Hall–Kier alpha value is -1.40. The molecule has 23 heavy (non-hydrogen) atoms. The summed E-state index contributed by atoms with van der Waals surface area (Å²) in [6.07, 6.45) is 2.22. The number of benzene rings is 1. The van der Waals surface area contributed by atoms with Crippen LogP contribution in [0.15, 0.2) is 24.3 Å². The van der Waals surface area contributed by atoms with Gasteiger partial charge in [-0.15, -0.1) is 0 Å². The van der Waals surface area contributed by atoms with Crippen molar-refractivity contribution in [2.75, 3.05) is 17.2 Å². The molecule has 1 aromatic carbocycles. The summed E-state index contributed by atoms with van der Waals surface area (Å²) in [5, 5.41) is 0. The Labute approximate surface area is 139 Å². The first kappa shape index (κ1) is 17.9. The van der Waals surface area contributed by atoms with Crippen molar-refractivity contribution in [2.24, 2.45) is 5.92 Å². The molecule has 1 aliphatic heterocycles. The van der Waals surface area contributed by atoms with Crippen LogP contribution in [0.5, 0.6) is 0 Å². The molecule has 5 nitrogen and oxygen atoms in total. The topological polar surface area (TPSA) is 66.5 Å². The predicted molar refractivity (Wildman–Crippen MR) is 93.0 cm³/mol. The molecule has 6 heteroatoms. The second kappa shape index (κ2) is 7.45. The summed E-state index contributed by atoms with van der Waals surface area (Å²) in [4.78, 5) is 14.6. The van der Waals surface area contributed by atoms with Gasteiger partial charge in [-0.25, -0.2) is 13.1 Å². The summed E-state index contributed by atoms with van der Waals surface area (Å²) in [5.74, 6) is -0.201. The predicted octanol–water partition coefficient (Wildman–Crippen LogP) is 2.32. The number of carbonyl (C=O) groups is 1. The number of sulfonamides is 1. The molecule has 1 aliphatic rings. The third-order valence-electron chi connectivity index (χ3n) is 4.16. The van der Waals surface area contributed by atoms with E-state index in [1.807, 2.05) is 45.0 Å². The molecule has 1 aromatic rings. The quantitative estimate of drug-likeness (QED) is 0.830. The molecule has 128 valence electrons. The Morgan fingerprint density at radius 2 is 2.00 bits per heavy atom. The van der Waals surface area contributed by atoms with Gasteiger partial charge in [0.05, 0.1) is 5.75 Å². The van der Waals surface area contributed by atoms with Crippen LogP contribution in [-0.2, 0) is 21.2 Å². The molecule has 0 saturated heterocycles. The summed E-state index contributed by atoms with van der Waals surface area (Å²) in [6.45, 7) is 6.29. The fraction of sp³-hybridized carbons (Fsp3) is 0.588. The highest BCUT2D eigenvalue weighted by Gasteiger charge is 2.34. The Bertz CT molecular complexity index is 656. The van der Waals surface area contributed by atoms with E-state index < -0.39 is 16.1 Å². The lowest BCUT2D eigenvalue weighted by Gasteiger charge is -2.27. The third kappa shape index (κ3) is 4.32. The van der Waals surface area contributed by atoms with Gasteiger partial charge in [0.15, 0.2) is 0 Å². The first-order chi connectivity index (χ1) is 10.9. The zero-order valence-electron chi connectivity index (χ0n) is 14.1. The van der Waals surface area contributed by atoms with Gasteiger partial charge < -0.3 is 4.90 Å². The van der Waals surface area contributed by atoms with Crippen molar-refractivity contribution in [3.05, 3.63) is 29.8 Å². The van der Waals surface area contributed by atoms with E-state index in [0.717, 1.165) is 24.1 Å². The number of nitrogens with one attached hydrogen (secondary N) is 1. The van der Waals surface area contributed by atoms with Crippen LogP contribution in [0.25, 0.3) is 0 Å². The highest BCUT2D eigenvalue weighted by atomic mass is 32.2. The Kier molecular flexibility index (Phi) is 5.81. The third-order valence-corrected chi connectivity index (χ3v) is 5.60. The number of hydrogen-bond acceptors (Lipinski definition) is 3. The largest absolute Gasteiger partial charge is 0.310 e. The van der Waals surface area contributed by atoms with Gasteiger partial charge >= 0.3 is 0 Å². The van der Waals surface area contributed by atoms with Crippen LogP contribution in [0.2, 0.25) is 0 Å². The number of para-hydroxylation sites is 1. The van der Waals surface area contributed by atoms with E-state index in [1.54, 1.807) is 4.90 Å². The SMILES string of the molecule is CCCCS(=O)(=O)N[C@@H](C(=O)N1CCc2ccccc21)C(C)C. The fourth-order valence-corrected chi connectivity index (χ4v) is 4.34. The van der Waals surface area contributed by atoms with Gasteiger partial charge in [-0.2, -0.15) is 0 Å². The van der Waals surface area contributed by atoms with Crippen LogP contribution in [0.1, 0.15) is 39.2 Å². The van der Waals surface area contributed by atoms with Crippen molar-refractivity contribution < 1.29 is 13.2 Å². The van der Waals surface area contributed by atoms with Gasteiger partial charge in [0.25, 0.3) is 0 Å². The first-order valence-corrected chi connectivity index (χ1v) is 9.90. The van der Waals surface area contributed by atoms with E-state index in [-0.39, 0.29) is 17.6 Å². The smallest absolute Gasteiger partial charge is 0.245 e. The number of anilines is 1. The number of nitrogens with zero attached hydrogens (tertiary/aromatic N) is 1. The van der Waals surface area contributed by atoms with Crippen LogP contribution < -0.4 is 9.62 Å². The molecule has 1 heterocycles. The lowest BCUT2D eigenvalue weighted by Crippen LogP contribution is -2.51. The van der Waals surface area contributed by atoms with Crippen molar-refractivity contribution in [3.8, 4) is 0 Å². The van der Waals surface area contributed by atoms with E-state index in [2.05, 4.69) is 4.72 Å². The minimum absolute atomic E-state index is 0.0661. The fourth-order valence-electron chi connectivity index (χ4n) is 2.79. The van der Waals surface area contributed by atoms with Gasteiger partial charge in [0.1, 0.15) is 6.04 Å². The van der Waals surface area contributed by atoms with Crippen molar-refractivity contribution >= 4 is 21.6 Å². The Morgan fingerprint density at radius 3 is 2.65 bits per heavy atom. The molecule has 2 rings (SSSR count). The summed E-state index contributed by atoms with van der Waals surface area (Å²) in [7, 11) is -3.44.